The molecule has 3 rings (SSSR count). The van der Waals surface area contributed by atoms with Gasteiger partial charge < -0.3 is 23.8 Å². The summed E-state index contributed by atoms with van der Waals surface area (Å²) in [6.07, 6.45) is 4.77. The number of ether oxygens (including phenoxy) is 4. The average Bonchev–Trinajstić information content (AvgIpc) is 3.65. The van der Waals surface area contributed by atoms with Crippen molar-refractivity contribution in [1.82, 2.24) is 4.90 Å². The highest BCUT2D eigenvalue weighted by Crippen LogP contribution is 2.29. The third kappa shape index (κ3) is 6.25. The van der Waals surface area contributed by atoms with E-state index < -0.39 is 5.97 Å². The fourth-order valence-corrected chi connectivity index (χ4v) is 3.13. The van der Waals surface area contributed by atoms with Gasteiger partial charge in [-0.2, -0.15) is 0 Å². The first-order valence-electron chi connectivity index (χ1n) is 10.0. The highest BCUT2D eigenvalue weighted by Gasteiger charge is 2.32. The number of methoxy groups -OCH3 is 3. The lowest BCUT2D eigenvalue weighted by Gasteiger charge is -2.22. The molecule has 0 saturated heterocycles. The number of nitrogens with zero attached hydrogens (tertiary/aromatic N) is 1. The predicted molar refractivity (Wildman–Crippen MR) is 116 cm³/mol. The number of rotatable bonds is 10. The van der Waals surface area contributed by atoms with Crippen molar-refractivity contribution in [2.75, 3.05) is 27.9 Å². The molecule has 0 spiro atoms. The molecule has 0 N–H and O–H groups in total. The van der Waals surface area contributed by atoms with Gasteiger partial charge in [0.15, 0.2) is 6.61 Å². The lowest BCUT2D eigenvalue weighted by atomic mass is 10.1. The zero-order chi connectivity index (χ0) is 22.2. The predicted octanol–water partition coefficient (Wildman–Crippen LogP) is 3.46. The first-order chi connectivity index (χ1) is 15.0. The third-order valence-electron chi connectivity index (χ3n) is 4.99. The van der Waals surface area contributed by atoms with Gasteiger partial charge in [-0.3, -0.25) is 4.79 Å². The normalized spacial score (nSPS) is 13.0. The SMILES string of the molecule is COc1ccc(CN(C(=O)COC(=O)/C=C/c2cc(OC)ccc2OC)C2CC2)cc1. The number of benzene rings is 2. The molecule has 0 bridgehead atoms. The molecule has 1 aliphatic rings. The first kappa shape index (κ1) is 22.2. The molecule has 0 aliphatic heterocycles. The Morgan fingerprint density at radius 1 is 0.968 bits per heavy atom. The van der Waals surface area contributed by atoms with Crippen molar-refractivity contribution in [3.05, 3.63) is 59.7 Å². The van der Waals surface area contributed by atoms with E-state index in [9.17, 15) is 9.59 Å². The van der Waals surface area contributed by atoms with E-state index in [0.717, 1.165) is 24.2 Å². The van der Waals surface area contributed by atoms with E-state index >= 15 is 0 Å². The van der Waals surface area contributed by atoms with Gasteiger partial charge >= 0.3 is 5.97 Å². The van der Waals surface area contributed by atoms with Crippen LogP contribution in [0.5, 0.6) is 17.2 Å². The Balaban J connectivity index is 1.57. The summed E-state index contributed by atoms with van der Waals surface area (Å²) in [6.45, 7) is 0.174. The van der Waals surface area contributed by atoms with E-state index in [-0.39, 0.29) is 18.6 Å². The second kappa shape index (κ2) is 10.5. The van der Waals surface area contributed by atoms with E-state index in [1.807, 2.05) is 24.3 Å². The summed E-state index contributed by atoms with van der Waals surface area (Å²) in [5, 5.41) is 0. The molecule has 7 nitrogen and oxygen atoms in total. The summed E-state index contributed by atoms with van der Waals surface area (Å²) < 4.78 is 20.8. The minimum Gasteiger partial charge on any atom is -0.497 e. The molecule has 0 unspecified atom stereocenters. The second-order valence-electron chi connectivity index (χ2n) is 7.15. The first-order valence-corrected chi connectivity index (χ1v) is 10.0. The van der Waals surface area contributed by atoms with Gasteiger partial charge in [0.05, 0.1) is 21.3 Å². The molecule has 1 aliphatic carbocycles. The highest BCUT2D eigenvalue weighted by atomic mass is 16.5. The largest absolute Gasteiger partial charge is 0.497 e. The highest BCUT2D eigenvalue weighted by molar-refractivity contribution is 5.90. The summed E-state index contributed by atoms with van der Waals surface area (Å²) in [5.74, 6) is 1.20. The Morgan fingerprint density at radius 2 is 1.65 bits per heavy atom. The van der Waals surface area contributed by atoms with Crippen molar-refractivity contribution in [2.45, 2.75) is 25.4 Å². The van der Waals surface area contributed by atoms with Crippen molar-refractivity contribution < 1.29 is 28.5 Å². The van der Waals surface area contributed by atoms with Crippen LogP contribution in [0.4, 0.5) is 0 Å². The number of esters is 1. The van der Waals surface area contributed by atoms with Gasteiger partial charge in [-0.15, -0.1) is 0 Å². The Hall–Kier alpha value is -3.48. The molecule has 0 aromatic heterocycles. The Morgan fingerprint density at radius 3 is 2.26 bits per heavy atom. The lowest BCUT2D eigenvalue weighted by molar-refractivity contribution is -0.148. The van der Waals surface area contributed by atoms with Gasteiger partial charge in [-0.05, 0) is 54.8 Å². The van der Waals surface area contributed by atoms with E-state index in [0.29, 0.717) is 23.6 Å². The number of hydrogen-bond acceptors (Lipinski definition) is 6. The summed E-state index contributed by atoms with van der Waals surface area (Å²) in [6, 6.07) is 13.0. The molecule has 0 heterocycles. The number of carbonyl (C=O) groups excluding carboxylic acids is 2. The zero-order valence-corrected chi connectivity index (χ0v) is 18.0. The lowest BCUT2D eigenvalue weighted by Crippen LogP contribution is -2.35. The van der Waals surface area contributed by atoms with Crippen molar-refractivity contribution in [1.29, 1.82) is 0 Å². The molecule has 1 saturated carbocycles. The van der Waals surface area contributed by atoms with Crippen LogP contribution in [0.25, 0.3) is 6.08 Å². The van der Waals surface area contributed by atoms with Gasteiger partial charge in [0.25, 0.3) is 5.91 Å². The van der Waals surface area contributed by atoms with Crippen LogP contribution in [0.15, 0.2) is 48.5 Å². The minimum atomic E-state index is -0.599. The van der Waals surface area contributed by atoms with Crippen LogP contribution < -0.4 is 14.2 Å². The van der Waals surface area contributed by atoms with Gasteiger partial charge in [-0.1, -0.05) is 12.1 Å². The van der Waals surface area contributed by atoms with Gasteiger partial charge in [0, 0.05) is 24.2 Å². The quantitative estimate of drug-likeness (QED) is 0.429. The topological polar surface area (TPSA) is 74.3 Å². The monoisotopic (exact) mass is 425 g/mol. The summed E-state index contributed by atoms with van der Waals surface area (Å²) >= 11 is 0. The molecule has 2 aromatic rings. The van der Waals surface area contributed by atoms with Crippen LogP contribution in [0.3, 0.4) is 0 Å². The van der Waals surface area contributed by atoms with Crippen molar-refractivity contribution >= 4 is 18.0 Å². The summed E-state index contributed by atoms with van der Waals surface area (Å²) in [4.78, 5) is 26.6. The van der Waals surface area contributed by atoms with Crippen LogP contribution in [-0.2, 0) is 20.9 Å². The Kier molecular flexibility index (Phi) is 7.54. The second-order valence-corrected chi connectivity index (χ2v) is 7.15. The molecule has 0 radical (unpaired) electrons. The Labute approximate surface area is 182 Å². The molecule has 7 heteroatoms. The minimum absolute atomic E-state index is 0.199. The van der Waals surface area contributed by atoms with E-state index in [4.69, 9.17) is 18.9 Å². The maximum atomic E-state index is 12.7. The molecule has 1 fully saturated rings. The number of hydrogen-bond donors (Lipinski definition) is 0. The van der Waals surface area contributed by atoms with Gasteiger partial charge in [0.1, 0.15) is 17.2 Å². The molecule has 1 amide bonds. The summed E-state index contributed by atoms with van der Waals surface area (Å²) in [5.41, 5.74) is 1.67. The molecule has 31 heavy (non-hydrogen) atoms. The molecular formula is C24H27NO6. The van der Waals surface area contributed by atoms with Crippen LogP contribution in [0.1, 0.15) is 24.0 Å². The maximum absolute atomic E-state index is 12.7. The standard InChI is InChI=1S/C24H27NO6/c1-28-20-9-4-17(5-10-20)15-25(19-7-8-19)23(26)16-31-24(27)13-6-18-14-21(29-2)11-12-22(18)30-3/h4-6,9-14,19H,7-8,15-16H2,1-3H3/b13-6+. The third-order valence-corrected chi connectivity index (χ3v) is 4.99. The van der Waals surface area contributed by atoms with Crippen molar-refractivity contribution in [3.63, 3.8) is 0 Å². The average molecular weight is 425 g/mol. The van der Waals surface area contributed by atoms with Gasteiger partial charge in [0.2, 0.25) is 0 Å². The van der Waals surface area contributed by atoms with E-state index in [1.54, 1.807) is 50.5 Å². The van der Waals surface area contributed by atoms with Crippen LogP contribution >= 0.6 is 0 Å². The van der Waals surface area contributed by atoms with Crippen LogP contribution in [0.2, 0.25) is 0 Å². The van der Waals surface area contributed by atoms with E-state index in [1.165, 1.54) is 6.08 Å². The van der Waals surface area contributed by atoms with Crippen LogP contribution in [0, 0.1) is 0 Å². The molecular weight excluding hydrogens is 398 g/mol. The summed E-state index contributed by atoms with van der Waals surface area (Å²) in [7, 11) is 4.72. The molecule has 0 atom stereocenters. The number of carbonyl (C=O) groups is 2. The molecule has 164 valence electrons. The maximum Gasteiger partial charge on any atom is 0.331 e. The van der Waals surface area contributed by atoms with Gasteiger partial charge in [-0.25, -0.2) is 4.79 Å². The fourth-order valence-electron chi connectivity index (χ4n) is 3.13. The Bertz CT molecular complexity index is 934. The fraction of sp³-hybridized carbons (Fsp3) is 0.333. The molecule has 2 aromatic carbocycles. The zero-order valence-electron chi connectivity index (χ0n) is 18.0. The van der Waals surface area contributed by atoms with Crippen LogP contribution in [-0.4, -0.2) is 50.8 Å². The van der Waals surface area contributed by atoms with Crippen molar-refractivity contribution in [3.8, 4) is 17.2 Å². The van der Waals surface area contributed by atoms with E-state index in [2.05, 4.69) is 0 Å². The smallest absolute Gasteiger partial charge is 0.331 e. The van der Waals surface area contributed by atoms with Crippen molar-refractivity contribution in [2.24, 2.45) is 0 Å². The number of amides is 1.